The number of likely N-dealkylation sites (N-methyl/N-ethyl adjacent to an activating group) is 1. The zero-order valence-corrected chi connectivity index (χ0v) is 18.1. The lowest BCUT2D eigenvalue weighted by molar-refractivity contribution is 0.0263. The molecule has 9 nitrogen and oxygen atoms in total. The number of carbonyl (C=O) groups is 2. The predicted octanol–water partition coefficient (Wildman–Crippen LogP) is 1.87. The van der Waals surface area contributed by atoms with Crippen LogP contribution in [-0.4, -0.2) is 91.1 Å². The number of hydrogen-bond donors (Lipinski definition) is 1. The molecule has 0 saturated carbocycles. The Bertz CT molecular complexity index is 688. The second-order valence-corrected chi connectivity index (χ2v) is 7.79. The summed E-state index contributed by atoms with van der Waals surface area (Å²) >= 11 is 0. The van der Waals surface area contributed by atoms with E-state index in [0.717, 1.165) is 5.96 Å². The lowest BCUT2D eigenvalue weighted by atomic mass is 10.2. The fraction of sp³-hybridized carbons (Fsp3) is 0.650. The molecule has 0 bridgehead atoms. The monoisotopic (exact) mass is 407 g/mol. The van der Waals surface area contributed by atoms with E-state index >= 15 is 0 Å². The molecule has 0 atom stereocenters. The summed E-state index contributed by atoms with van der Waals surface area (Å²) in [5.41, 5.74) is -0.513. The number of piperazine rings is 1. The lowest BCUT2D eigenvalue weighted by Gasteiger charge is -2.36. The zero-order chi connectivity index (χ0) is 21.4. The van der Waals surface area contributed by atoms with Gasteiger partial charge in [0.15, 0.2) is 11.7 Å². The van der Waals surface area contributed by atoms with Crippen LogP contribution in [0, 0.1) is 0 Å². The van der Waals surface area contributed by atoms with Gasteiger partial charge in [0.05, 0.1) is 6.26 Å². The molecule has 162 valence electrons. The molecule has 1 N–H and O–H groups in total. The molecule has 0 aromatic carbocycles. The number of guanidine groups is 1. The minimum atomic E-state index is -0.513. The maximum Gasteiger partial charge on any atom is 0.410 e. The van der Waals surface area contributed by atoms with Gasteiger partial charge in [-0.25, -0.2) is 4.79 Å². The van der Waals surface area contributed by atoms with Gasteiger partial charge < -0.3 is 29.2 Å². The second kappa shape index (κ2) is 10.2. The predicted molar refractivity (Wildman–Crippen MR) is 111 cm³/mol. The van der Waals surface area contributed by atoms with Crippen molar-refractivity contribution in [3.63, 3.8) is 0 Å². The molecular weight excluding hydrogens is 374 g/mol. The average molecular weight is 408 g/mol. The van der Waals surface area contributed by atoms with E-state index in [0.29, 0.717) is 51.6 Å². The summed E-state index contributed by atoms with van der Waals surface area (Å²) in [4.78, 5) is 34.5. The smallest absolute Gasteiger partial charge is 0.410 e. The Kier molecular flexibility index (Phi) is 7.92. The molecule has 1 aliphatic rings. The number of nitrogens with one attached hydrogen (secondary N) is 1. The van der Waals surface area contributed by atoms with E-state index < -0.39 is 5.60 Å². The van der Waals surface area contributed by atoms with Crippen molar-refractivity contribution in [3.05, 3.63) is 24.2 Å². The Morgan fingerprint density at radius 1 is 1.24 bits per heavy atom. The highest BCUT2D eigenvalue weighted by Gasteiger charge is 2.25. The first-order valence-corrected chi connectivity index (χ1v) is 10.0. The summed E-state index contributed by atoms with van der Waals surface area (Å²) in [6, 6.07) is 3.39. The van der Waals surface area contributed by atoms with Crippen LogP contribution in [0.5, 0.6) is 0 Å². The molecule has 0 aliphatic carbocycles. The molecule has 1 saturated heterocycles. The minimum Gasteiger partial charge on any atom is -0.459 e. The fourth-order valence-electron chi connectivity index (χ4n) is 3.02. The van der Waals surface area contributed by atoms with Crippen molar-refractivity contribution in [1.82, 2.24) is 20.0 Å². The van der Waals surface area contributed by atoms with Gasteiger partial charge in [0.2, 0.25) is 0 Å². The van der Waals surface area contributed by atoms with Gasteiger partial charge in [0, 0.05) is 52.9 Å². The highest BCUT2D eigenvalue weighted by atomic mass is 16.6. The molecule has 2 rings (SSSR count). The van der Waals surface area contributed by atoms with Crippen molar-refractivity contribution in [3.8, 4) is 0 Å². The summed E-state index contributed by atoms with van der Waals surface area (Å²) in [5.74, 6) is 1.03. The number of aliphatic imine (C=N–C) groups is 1. The van der Waals surface area contributed by atoms with E-state index in [2.05, 4.69) is 15.2 Å². The third-order valence-electron chi connectivity index (χ3n) is 4.51. The number of hydrogen-bond acceptors (Lipinski definition) is 5. The molecule has 1 fully saturated rings. The Balaban J connectivity index is 1.79. The van der Waals surface area contributed by atoms with E-state index in [-0.39, 0.29) is 12.0 Å². The molecule has 2 heterocycles. The number of furan rings is 1. The minimum absolute atomic E-state index is 0.0893. The van der Waals surface area contributed by atoms with Crippen LogP contribution in [-0.2, 0) is 4.74 Å². The van der Waals surface area contributed by atoms with Crippen molar-refractivity contribution in [2.24, 2.45) is 4.99 Å². The fourth-order valence-corrected chi connectivity index (χ4v) is 3.02. The van der Waals surface area contributed by atoms with Crippen LogP contribution in [0.1, 0.15) is 38.2 Å². The maximum absolute atomic E-state index is 12.4. The van der Waals surface area contributed by atoms with Gasteiger partial charge in [-0.2, -0.15) is 0 Å². The van der Waals surface area contributed by atoms with Crippen LogP contribution in [0.4, 0.5) is 4.79 Å². The van der Waals surface area contributed by atoms with Crippen LogP contribution in [0.2, 0.25) is 0 Å². The molecule has 1 aromatic heterocycles. The summed E-state index contributed by atoms with van der Waals surface area (Å²) in [6.07, 6.45) is 1.19. The zero-order valence-electron chi connectivity index (χ0n) is 18.1. The number of ether oxygens (including phenoxy) is 1. The third-order valence-corrected chi connectivity index (χ3v) is 4.51. The summed E-state index contributed by atoms with van der Waals surface area (Å²) in [5, 5.41) is 3.30. The number of rotatable bonds is 5. The summed E-state index contributed by atoms with van der Waals surface area (Å²) in [6.45, 7) is 11.7. The van der Waals surface area contributed by atoms with Crippen LogP contribution in [0.3, 0.4) is 0 Å². The largest absolute Gasteiger partial charge is 0.459 e. The first-order chi connectivity index (χ1) is 13.7. The molecule has 0 spiro atoms. The van der Waals surface area contributed by atoms with Crippen LogP contribution >= 0.6 is 0 Å². The van der Waals surface area contributed by atoms with Gasteiger partial charge in [0.1, 0.15) is 5.60 Å². The number of nitrogens with zero attached hydrogens (tertiary/aromatic N) is 4. The second-order valence-electron chi connectivity index (χ2n) is 7.79. The summed E-state index contributed by atoms with van der Waals surface area (Å²) in [7, 11) is 1.73. The first kappa shape index (κ1) is 22.6. The van der Waals surface area contributed by atoms with Crippen LogP contribution < -0.4 is 5.32 Å². The molecule has 29 heavy (non-hydrogen) atoms. The van der Waals surface area contributed by atoms with Crippen molar-refractivity contribution >= 4 is 18.0 Å². The van der Waals surface area contributed by atoms with Gasteiger partial charge in [-0.05, 0) is 39.8 Å². The normalized spacial score (nSPS) is 15.3. The third kappa shape index (κ3) is 6.69. The Labute approximate surface area is 172 Å². The van der Waals surface area contributed by atoms with Crippen molar-refractivity contribution in [2.45, 2.75) is 33.3 Å². The highest BCUT2D eigenvalue weighted by molar-refractivity contribution is 5.91. The molecule has 1 aromatic rings. The average Bonchev–Trinajstić information content (AvgIpc) is 3.21. The van der Waals surface area contributed by atoms with Crippen LogP contribution in [0.15, 0.2) is 27.8 Å². The van der Waals surface area contributed by atoms with E-state index in [1.807, 2.05) is 27.7 Å². The van der Waals surface area contributed by atoms with Gasteiger partial charge in [-0.1, -0.05) is 0 Å². The molecule has 0 unspecified atom stereocenters. The molecule has 0 radical (unpaired) electrons. The quantitative estimate of drug-likeness (QED) is 0.592. The molecule has 9 heteroatoms. The molecule has 1 aliphatic heterocycles. The Morgan fingerprint density at radius 3 is 2.41 bits per heavy atom. The van der Waals surface area contributed by atoms with Crippen LogP contribution in [0.25, 0.3) is 0 Å². The number of amides is 2. The van der Waals surface area contributed by atoms with Gasteiger partial charge in [-0.3, -0.25) is 9.79 Å². The summed E-state index contributed by atoms with van der Waals surface area (Å²) < 4.78 is 10.6. The first-order valence-electron chi connectivity index (χ1n) is 10.0. The standard InChI is InChI=1S/C20H33N5O4/c1-6-23(19(27)29-20(2,3)4)10-9-22-18(21-5)25-13-11-24(12-14-25)17(26)16-8-7-15-28-16/h7-8,15H,6,9-14H2,1-5H3,(H,21,22). The van der Waals surface area contributed by atoms with Crippen molar-refractivity contribution in [2.75, 3.05) is 52.9 Å². The SMILES string of the molecule is CCN(CCNC(=NC)N1CCN(C(=O)c2ccco2)CC1)C(=O)OC(C)(C)C. The molecular formula is C20H33N5O4. The lowest BCUT2D eigenvalue weighted by Crippen LogP contribution is -2.54. The Hall–Kier alpha value is -2.71. The Morgan fingerprint density at radius 2 is 1.90 bits per heavy atom. The number of carbonyl (C=O) groups excluding carboxylic acids is 2. The molecule has 2 amide bonds. The highest BCUT2D eigenvalue weighted by Crippen LogP contribution is 2.11. The van der Waals surface area contributed by atoms with E-state index in [9.17, 15) is 9.59 Å². The van der Waals surface area contributed by atoms with Gasteiger partial charge in [-0.15, -0.1) is 0 Å². The van der Waals surface area contributed by atoms with E-state index in [4.69, 9.17) is 9.15 Å². The van der Waals surface area contributed by atoms with Crippen molar-refractivity contribution in [1.29, 1.82) is 0 Å². The van der Waals surface area contributed by atoms with E-state index in [1.165, 1.54) is 6.26 Å². The van der Waals surface area contributed by atoms with E-state index in [1.54, 1.807) is 29.0 Å². The van der Waals surface area contributed by atoms with Gasteiger partial charge >= 0.3 is 6.09 Å². The topological polar surface area (TPSA) is 90.6 Å². The van der Waals surface area contributed by atoms with Crippen molar-refractivity contribution < 1.29 is 18.7 Å². The maximum atomic E-state index is 12.4. The van der Waals surface area contributed by atoms with Gasteiger partial charge in [0.25, 0.3) is 5.91 Å².